The van der Waals surface area contributed by atoms with Gasteiger partial charge in [-0.05, 0) is 29.7 Å². The molecule has 3 heteroatoms. The van der Waals surface area contributed by atoms with Crippen LogP contribution in [0.15, 0.2) is 48.5 Å². The van der Waals surface area contributed by atoms with E-state index in [0.717, 1.165) is 16.7 Å². The Kier molecular flexibility index (Phi) is 4.59. The highest BCUT2D eigenvalue weighted by atomic mass is 35.5. The predicted molar refractivity (Wildman–Crippen MR) is 79.3 cm³/mol. The molecule has 0 aliphatic heterocycles. The van der Waals surface area contributed by atoms with Crippen LogP contribution in [0.2, 0.25) is 5.02 Å². The first-order valence-corrected chi connectivity index (χ1v) is 6.70. The summed E-state index contributed by atoms with van der Waals surface area (Å²) >= 11 is 6.18. The molecular weight excluding hydrogens is 258 g/mol. The van der Waals surface area contributed by atoms with Crippen molar-refractivity contribution in [1.82, 2.24) is 0 Å². The lowest BCUT2D eigenvalue weighted by Crippen LogP contribution is -2.29. The van der Waals surface area contributed by atoms with Crippen LogP contribution < -0.4 is 5.73 Å². The molecule has 100 valence electrons. The van der Waals surface area contributed by atoms with Gasteiger partial charge < -0.3 is 10.8 Å². The summed E-state index contributed by atoms with van der Waals surface area (Å²) in [5, 5.41) is 10.9. The smallest absolute Gasteiger partial charge is 0.0773 e. The van der Waals surface area contributed by atoms with Crippen molar-refractivity contribution in [1.29, 1.82) is 0 Å². The lowest BCUT2D eigenvalue weighted by atomic mass is 9.94. The average molecular weight is 276 g/mol. The van der Waals surface area contributed by atoms with Crippen molar-refractivity contribution in [3.63, 3.8) is 0 Å². The van der Waals surface area contributed by atoms with Crippen molar-refractivity contribution in [2.45, 2.75) is 25.5 Å². The van der Waals surface area contributed by atoms with E-state index >= 15 is 0 Å². The highest BCUT2D eigenvalue weighted by Crippen LogP contribution is 2.28. The van der Waals surface area contributed by atoms with Gasteiger partial charge in [0.15, 0.2) is 0 Å². The molecule has 0 aliphatic carbocycles. The first-order valence-electron chi connectivity index (χ1n) is 6.32. The van der Waals surface area contributed by atoms with Crippen LogP contribution in [-0.2, 0) is 6.42 Å². The Morgan fingerprint density at radius 3 is 2.42 bits per heavy atom. The highest BCUT2D eigenvalue weighted by molar-refractivity contribution is 6.31. The van der Waals surface area contributed by atoms with Gasteiger partial charge >= 0.3 is 0 Å². The maximum atomic E-state index is 10.3. The summed E-state index contributed by atoms with van der Waals surface area (Å²) < 4.78 is 0. The number of aryl methyl sites for hydroxylation is 1. The Bertz CT molecular complexity index is 521. The number of benzene rings is 2. The Balaban J connectivity index is 2.17. The van der Waals surface area contributed by atoms with Gasteiger partial charge in [-0.3, -0.25) is 0 Å². The normalized spacial score (nSPS) is 14.1. The van der Waals surface area contributed by atoms with Gasteiger partial charge in [0.2, 0.25) is 0 Å². The van der Waals surface area contributed by atoms with Crippen LogP contribution in [0.3, 0.4) is 0 Å². The zero-order valence-corrected chi connectivity index (χ0v) is 11.6. The van der Waals surface area contributed by atoms with Gasteiger partial charge in [0.1, 0.15) is 0 Å². The molecular formula is C16H18ClNO. The Hall–Kier alpha value is -1.35. The molecule has 0 saturated carbocycles. The zero-order valence-electron chi connectivity index (χ0n) is 10.9. The molecule has 0 radical (unpaired) electrons. The molecule has 0 aliphatic rings. The molecule has 0 saturated heterocycles. The number of hydrogen-bond donors (Lipinski definition) is 2. The van der Waals surface area contributed by atoms with E-state index in [1.54, 1.807) is 6.07 Å². The lowest BCUT2D eigenvalue weighted by molar-refractivity contribution is 0.145. The van der Waals surface area contributed by atoms with Crippen LogP contribution in [0.5, 0.6) is 0 Å². The van der Waals surface area contributed by atoms with Crippen LogP contribution in [0.1, 0.15) is 22.7 Å². The second-order valence-corrected chi connectivity index (χ2v) is 5.16. The second kappa shape index (κ2) is 6.20. The van der Waals surface area contributed by atoms with Gasteiger partial charge in [-0.1, -0.05) is 54.1 Å². The van der Waals surface area contributed by atoms with Gasteiger partial charge in [0.05, 0.1) is 12.1 Å². The number of aliphatic hydroxyl groups excluding tert-OH is 1. The largest absolute Gasteiger partial charge is 0.391 e. The molecule has 2 aromatic carbocycles. The van der Waals surface area contributed by atoms with E-state index in [2.05, 4.69) is 0 Å². The van der Waals surface area contributed by atoms with Crippen LogP contribution in [0, 0.1) is 6.92 Å². The third-order valence-corrected chi connectivity index (χ3v) is 3.64. The third-order valence-electron chi connectivity index (χ3n) is 3.31. The van der Waals surface area contributed by atoms with Gasteiger partial charge in [-0.2, -0.15) is 0 Å². The summed E-state index contributed by atoms with van der Waals surface area (Å²) in [6.45, 7) is 1.95. The second-order valence-electron chi connectivity index (χ2n) is 4.75. The fourth-order valence-electron chi connectivity index (χ4n) is 2.24. The minimum Gasteiger partial charge on any atom is -0.391 e. The van der Waals surface area contributed by atoms with Crippen LogP contribution >= 0.6 is 11.6 Å². The maximum absolute atomic E-state index is 10.3. The van der Waals surface area contributed by atoms with Crippen LogP contribution in [0.25, 0.3) is 0 Å². The van der Waals surface area contributed by atoms with Crippen molar-refractivity contribution < 1.29 is 5.11 Å². The molecule has 19 heavy (non-hydrogen) atoms. The molecule has 0 spiro atoms. The number of aliphatic hydroxyl groups is 1. The first-order chi connectivity index (χ1) is 9.09. The summed E-state index contributed by atoms with van der Waals surface area (Å²) in [4.78, 5) is 0. The minimum atomic E-state index is -0.652. The van der Waals surface area contributed by atoms with E-state index in [0.29, 0.717) is 11.4 Å². The quantitative estimate of drug-likeness (QED) is 0.900. The van der Waals surface area contributed by atoms with Crippen molar-refractivity contribution in [2.75, 3.05) is 0 Å². The van der Waals surface area contributed by atoms with E-state index < -0.39 is 12.1 Å². The molecule has 2 nitrogen and oxygen atoms in total. The van der Waals surface area contributed by atoms with Crippen molar-refractivity contribution in [3.8, 4) is 0 Å². The summed E-state index contributed by atoms with van der Waals surface area (Å²) in [5.74, 6) is 0. The number of rotatable bonds is 4. The zero-order chi connectivity index (χ0) is 13.8. The molecule has 0 amide bonds. The van der Waals surface area contributed by atoms with Crippen molar-refractivity contribution >= 4 is 11.6 Å². The lowest BCUT2D eigenvalue weighted by Gasteiger charge is -2.22. The number of halogens is 1. The maximum Gasteiger partial charge on any atom is 0.0773 e. The fourth-order valence-corrected chi connectivity index (χ4v) is 2.59. The summed E-state index contributed by atoms with van der Waals surface area (Å²) in [7, 11) is 0. The Morgan fingerprint density at radius 2 is 1.79 bits per heavy atom. The minimum absolute atomic E-state index is 0.478. The summed E-state index contributed by atoms with van der Waals surface area (Å²) in [6, 6.07) is 15.0. The number of hydrogen-bond acceptors (Lipinski definition) is 2. The monoisotopic (exact) mass is 275 g/mol. The molecule has 0 unspecified atom stereocenters. The molecule has 0 heterocycles. The number of nitrogens with two attached hydrogens (primary N) is 1. The predicted octanol–water partition coefficient (Wildman–Crippen LogP) is 3.25. The van der Waals surface area contributed by atoms with E-state index in [-0.39, 0.29) is 0 Å². The van der Waals surface area contributed by atoms with Gasteiger partial charge in [-0.15, -0.1) is 0 Å². The summed E-state index contributed by atoms with van der Waals surface area (Å²) in [5.41, 5.74) is 9.05. The summed E-state index contributed by atoms with van der Waals surface area (Å²) in [6.07, 6.45) is -0.131. The third kappa shape index (κ3) is 3.35. The van der Waals surface area contributed by atoms with E-state index in [9.17, 15) is 5.11 Å². The van der Waals surface area contributed by atoms with Gasteiger partial charge in [0, 0.05) is 11.4 Å². The Morgan fingerprint density at radius 1 is 1.11 bits per heavy atom. The molecule has 0 bridgehead atoms. The van der Waals surface area contributed by atoms with Gasteiger partial charge in [0.25, 0.3) is 0 Å². The van der Waals surface area contributed by atoms with E-state index in [1.165, 1.54) is 0 Å². The highest BCUT2D eigenvalue weighted by Gasteiger charge is 2.21. The molecule has 0 fully saturated rings. The fraction of sp³-hybridized carbons (Fsp3) is 0.250. The van der Waals surface area contributed by atoms with Crippen molar-refractivity contribution in [3.05, 3.63) is 70.2 Å². The molecule has 0 aromatic heterocycles. The van der Waals surface area contributed by atoms with E-state index in [4.69, 9.17) is 17.3 Å². The van der Waals surface area contributed by atoms with E-state index in [1.807, 2.05) is 49.4 Å². The van der Waals surface area contributed by atoms with Crippen LogP contribution in [0.4, 0.5) is 0 Å². The van der Waals surface area contributed by atoms with Crippen molar-refractivity contribution in [2.24, 2.45) is 5.73 Å². The standard InChI is InChI=1S/C16H18ClNO/c1-11-6-5-9-13(17)15(11)16(18)14(19)10-12-7-3-2-4-8-12/h2-9,14,16,19H,10,18H2,1H3/t14-,16-/m1/s1. The molecule has 2 aromatic rings. The Labute approximate surface area is 118 Å². The van der Waals surface area contributed by atoms with Gasteiger partial charge in [-0.25, -0.2) is 0 Å². The molecule has 2 atom stereocenters. The average Bonchev–Trinajstić information content (AvgIpc) is 2.39. The molecule has 2 rings (SSSR count). The first kappa shape index (κ1) is 14.1. The topological polar surface area (TPSA) is 46.2 Å². The molecule has 3 N–H and O–H groups in total. The van der Waals surface area contributed by atoms with Crippen LogP contribution in [-0.4, -0.2) is 11.2 Å². The SMILES string of the molecule is Cc1cccc(Cl)c1[C@H](N)[C@H](O)Cc1ccccc1.